The van der Waals surface area contributed by atoms with Crippen molar-refractivity contribution in [1.29, 1.82) is 0 Å². The highest BCUT2D eigenvalue weighted by molar-refractivity contribution is 5.79. The Morgan fingerprint density at radius 3 is 2.68 bits per heavy atom. The van der Waals surface area contributed by atoms with Gasteiger partial charge in [0.2, 0.25) is 0 Å². The molecule has 25 heavy (non-hydrogen) atoms. The van der Waals surface area contributed by atoms with Gasteiger partial charge >= 0.3 is 0 Å². The zero-order valence-corrected chi connectivity index (χ0v) is 15.9. The van der Waals surface area contributed by atoms with E-state index in [4.69, 9.17) is 0 Å². The van der Waals surface area contributed by atoms with E-state index in [2.05, 4.69) is 50.8 Å². The van der Waals surface area contributed by atoms with Crippen LogP contribution in [-0.2, 0) is 11.2 Å². The van der Waals surface area contributed by atoms with Crippen LogP contribution in [-0.4, -0.2) is 18.6 Å². The van der Waals surface area contributed by atoms with Crippen LogP contribution in [0, 0.1) is 5.92 Å². The van der Waals surface area contributed by atoms with E-state index in [0.29, 0.717) is 17.5 Å². The van der Waals surface area contributed by atoms with E-state index in [0.717, 1.165) is 24.6 Å². The predicted molar refractivity (Wildman–Crippen MR) is 103 cm³/mol. The van der Waals surface area contributed by atoms with E-state index in [-0.39, 0.29) is 0 Å². The third-order valence-corrected chi connectivity index (χ3v) is 4.60. The van der Waals surface area contributed by atoms with Gasteiger partial charge in [-0.1, -0.05) is 31.2 Å². The van der Waals surface area contributed by atoms with Gasteiger partial charge in [-0.25, -0.2) is 0 Å². The summed E-state index contributed by atoms with van der Waals surface area (Å²) < 4.78 is 0. The largest absolute Gasteiger partial charge is 0.545 e. The number of allylic oxidation sites excluding steroid dienone is 5. The Morgan fingerprint density at radius 1 is 1.32 bits per heavy atom. The van der Waals surface area contributed by atoms with Gasteiger partial charge in [-0.3, -0.25) is 0 Å². The Balaban J connectivity index is 2.23. The molecule has 1 aromatic rings. The molecule has 2 rings (SSSR count). The van der Waals surface area contributed by atoms with Crippen LogP contribution in [0.4, 0.5) is 5.69 Å². The summed E-state index contributed by atoms with van der Waals surface area (Å²) in [6, 6.07) is 7.21. The fraction of sp³-hybridized carbons (Fsp3) is 0.409. The van der Waals surface area contributed by atoms with Gasteiger partial charge in [0.25, 0.3) is 0 Å². The molecule has 3 nitrogen and oxygen atoms in total. The highest BCUT2D eigenvalue weighted by Gasteiger charge is 2.23. The molecule has 0 spiro atoms. The first-order valence-electron chi connectivity index (χ1n) is 8.92. The van der Waals surface area contributed by atoms with Crippen LogP contribution in [0.15, 0.2) is 48.1 Å². The molecule has 0 aromatic heterocycles. The quantitative estimate of drug-likeness (QED) is 0.607. The predicted octanol–water partition coefficient (Wildman–Crippen LogP) is 3.75. The first-order valence-corrected chi connectivity index (χ1v) is 8.92. The van der Waals surface area contributed by atoms with Gasteiger partial charge in [-0.05, 0) is 80.5 Å². The number of carboxylic acid groups (broad SMARTS) is 1. The van der Waals surface area contributed by atoms with Crippen LogP contribution in [0.1, 0.15) is 45.7 Å². The lowest BCUT2D eigenvalue weighted by atomic mass is 9.90. The van der Waals surface area contributed by atoms with Crippen molar-refractivity contribution in [1.82, 2.24) is 0 Å². The second kappa shape index (κ2) is 8.19. The Morgan fingerprint density at radius 2 is 2.04 bits per heavy atom. The highest BCUT2D eigenvalue weighted by atomic mass is 16.4. The molecule has 0 aliphatic carbocycles. The molecule has 0 N–H and O–H groups in total. The van der Waals surface area contributed by atoms with Crippen molar-refractivity contribution in [3.8, 4) is 0 Å². The molecule has 1 heterocycles. The summed E-state index contributed by atoms with van der Waals surface area (Å²) in [4.78, 5) is 13.0. The standard InChI is InChI=1S/C22H29NO2/c1-15(2)23-14-17(4)11-20-13-19(9-10-21(20)23)18(5)8-6-7-16(3)12-22(24)25/h6-10,12-13,15,17H,11,14H2,1-5H3,(H,24,25)/p-1/b7-6+,16-12+,18-8+. The van der Waals surface area contributed by atoms with Gasteiger partial charge in [-0.15, -0.1) is 0 Å². The van der Waals surface area contributed by atoms with Crippen molar-refractivity contribution in [2.75, 3.05) is 11.4 Å². The Labute approximate surface area is 151 Å². The number of aliphatic carboxylic acids is 1. The molecule has 1 aliphatic heterocycles. The van der Waals surface area contributed by atoms with Crippen molar-refractivity contribution >= 4 is 17.2 Å². The molecule has 0 saturated heterocycles. The smallest absolute Gasteiger partial charge is 0.0645 e. The average Bonchev–Trinajstić information content (AvgIpc) is 2.52. The Bertz CT molecular complexity index is 726. The maximum absolute atomic E-state index is 10.5. The summed E-state index contributed by atoms with van der Waals surface area (Å²) in [6.07, 6.45) is 7.89. The van der Waals surface area contributed by atoms with E-state index in [9.17, 15) is 9.90 Å². The molecule has 0 bridgehead atoms. The van der Waals surface area contributed by atoms with Gasteiger partial charge in [0.1, 0.15) is 0 Å². The number of fused-ring (bicyclic) bond motifs is 1. The molecule has 1 aliphatic rings. The summed E-state index contributed by atoms with van der Waals surface area (Å²) in [5, 5.41) is 10.5. The molecule has 3 heteroatoms. The summed E-state index contributed by atoms with van der Waals surface area (Å²) in [5.41, 5.74) is 5.80. The molecular weight excluding hydrogens is 310 g/mol. The molecule has 0 fully saturated rings. The van der Waals surface area contributed by atoms with E-state index >= 15 is 0 Å². The molecule has 1 aromatic carbocycles. The zero-order valence-electron chi connectivity index (χ0n) is 15.9. The molecule has 0 amide bonds. The summed E-state index contributed by atoms with van der Waals surface area (Å²) in [6.45, 7) is 11.7. The van der Waals surface area contributed by atoms with Crippen molar-refractivity contribution in [2.45, 2.75) is 47.1 Å². The molecule has 0 radical (unpaired) electrons. The van der Waals surface area contributed by atoms with Crippen LogP contribution in [0.2, 0.25) is 0 Å². The van der Waals surface area contributed by atoms with Crippen LogP contribution in [0.25, 0.3) is 5.57 Å². The molecule has 1 unspecified atom stereocenters. The fourth-order valence-electron chi connectivity index (χ4n) is 3.31. The number of nitrogens with zero attached hydrogens (tertiary/aromatic N) is 1. The van der Waals surface area contributed by atoms with Crippen molar-refractivity contribution in [3.63, 3.8) is 0 Å². The van der Waals surface area contributed by atoms with Crippen molar-refractivity contribution < 1.29 is 9.90 Å². The fourth-order valence-corrected chi connectivity index (χ4v) is 3.31. The number of hydrogen-bond donors (Lipinski definition) is 0. The minimum Gasteiger partial charge on any atom is -0.545 e. The Hall–Kier alpha value is -2.29. The topological polar surface area (TPSA) is 43.4 Å². The minimum atomic E-state index is -1.17. The van der Waals surface area contributed by atoms with E-state index < -0.39 is 5.97 Å². The van der Waals surface area contributed by atoms with Gasteiger partial charge in [0.05, 0.1) is 5.97 Å². The first-order chi connectivity index (χ1) is 11.8. The lowest BCUT2D eigenvalue weighted by Crippen LogP contribution is -2.39. The monoisotopic (exact) mass is 338 g/mol. The van der Waals surface area contributed by atoms with Crippen LogP contribution >= 0.6 is 0 Å². The van der Waals surface area contributed by atoms with Crippen molar-refractivity contribution in [3.05, 3.63) is 59.2 Å². The zero-order chi connectivity index (χ0) is 18.6. The molecule has 134 valence electrons. The summed E-state index contributed by atoms with van der Waals surface area (Å²) in [5.74, 6) is -0.506. The number of rotatable bonds is 5. The normalized spacial score (nSPS) is 18.8. The number of benzene rings is 1. The molecular formula is C22H28NO2-. The Kier molecular flexibility index (Phi) is 6.24. The van der Waals surface area contributed by atoms with Crippen LogP contribution in [0.5, 0.6) is 0 Å². The lowest BCUT2D eigenvalue weighted by Gasteiger charge is -2.38. The lowest BCUT2D eigenvalue weighted by molar-refractivity contribution is -0.297. The summed E-state index contributed by atoms with van der Waals surface area (Å²) >= 11 is 0. The third kappa shape index (κ3) is 5.09. The number of carbonyl (C=O) groups is 1. The third-order valence-electron chi connectivity index (χ3n) is 4.60. The van der Waals surface area contributed by atoms with E-state index in [1.54, 1.807) is 13.0 Å². The van der Waals surface area contributed by atoms with Gasteiger partial charge in [-0.2, -0.15) is 0 Å². The van der Waals surface area contributed by atoms with E-state index in [1.807, 2.05) is 12.2 Å². The van der Waals surface area contributed by atoms with Gasteiger partial charge in [0.15, 0.2) is 0 Å². The maximum Gasteiger partial charge on any atom is 0.0645 e. The van der Waals surface area contributed by atoms with Gasteiger partial charge < -0.3 is 14.8 Å². The average molecular weight is 338 g/mol. The van der Waals surface area contributed by atoms with Crippen LogP contribution in [0.3, 0.4) is 0 Å². The second-order valence-corrected chi connectivity index (χ2v) is 7.32. The first kappa shape index (κ1) is 19.0. The number of carboxylic acids is 1. The molecule has 0 saturated carbocycles. The van der Waals surface area contributed by atoms with Crippen molar-refractivity contribution in [2.24, 2.45) is 5.92 Å². The molecule has 1 atom stereocenters. The van der Waals surface area contributed by atoms with Gasteiger partial charge in [0, 0.05) is 18.3 Å². The summed E-state index contributed by atoms with van der Waals surface area (Å²) in [7, 11) is 0. The number of hydrogen-bond acceptors (Lipinski definition) is 3. The maximum atomic E-state index is 10.5. The highest BCUT2D eigenvalue weighted by Crippen LogP contribution is 2.33. The second-order valence-electron chi connectivity index (χ2n) is 7.32. The number of carbonyl (C=O) groups excluding carboxylic acids is 1. The number of anilines is 1. The minimum absolute atomic E-state index is 0.505. The van der Waals surface area contributed by atoms with E-state index in [1.165, 1.54) is 16.8 Å². The van der Waals surface area contributed by atoms with Crippen LogP contribution < -0.4 is 10.0 Å². The SMILES string of the molecule is CC(/C=C/C=C(\C)c1ccc2c(c1)CC(C)CN2C(C)C)=C\C(=O)[O-].